The third kappa shape index (κ3) is 3.44. The van der Waals surface area contributed by atoms with Gasteiger partial charge in [0, 0.05) is 30.4 Å². The molecule has 0 aromatic heterocycles. The summed E-state index contributed by atoms with van der Waals surface area (Å²) >= 11 is 0. The van der Waals surface area contributed by atoms with E-state index >= 15 is 0 Å². The summed E-state index contributed by atoms with van der Waals surface area (Å²) < 4.78 is 17.2. The third-order valence-corrected chi connectivity index (χ3v) is 6.36. The van der Waals surface area contributed by atoms with E-state index in [4.69, 9.17) is 14.2 Å². The second-order valence-electron chi connectivity index (χ2n) is 10.2. The maximum absolute atomic E-state index is 13.0. The lowest BCUT2D eigenvalue weighted by Gasteiger charge is -2.43. The molecule has 0 saturated carbocycles. The Hall–Kier alpha value is -2.56. The fourth-order valence-corrected chi connectivity index (χ4v) is 5.16. The van der Waals surface area contributed by atoms with E-state index in [1.807, 2.05) is 18.2 Å². The van der Waals surface area contributed by atoms with Gasteiger partial charge in [0.25, 0.3) is 0 Å². The third-order valence-electron chi connectivity index (χ3n) is 6.36. The molecule has 0 spiro atoms. The molecular weight excluding hydrogens is 380 g/mol. The fourth-order valence-electron chi connectivity index (χ4n) is 5.16. The van der Waals surface area contributed by atoms with Crippen LogP contribution in [0.2, 0.25) is 0 Å². The van der Waals surface area contributed by atoms with E-state index in [1.54, 1.807) is 14.2 Å². The fraction of sp³-hybridized carbons (Fsp3) is 0.520. The van der Waals surface area contributed by atoms with Gasteiger partial charge in [-0.2, -0.15) is 0 Å². The summed E-state index contributed by atoms with van der Waals surface area (Å²) in [5.41, 5.74) is 2.54. The first-order chi connectivity index (χ1) is 14.0. The van der Waals surface area contributed by atoms with Gasteiger partial charge in [0.15, 0.2) is 23.1 Å². The van der Waals surface area contributed by atoms with Gasteiger partial charge in [-0.3, -0.25) is 9.59 Å². The van der Waals surface area contributed by atoms with Crippen molar-refractivity contribution in [3.05, 3.63) is 46.4 Å². The van der Waals surface area contributed by atoms with Crippen LogP contribution in [0.4, 0.5) is 0 Å². The second kappa shape index (κ2) is 7.00. The number of allylic oxidation sites excluding steroid dienone is 4. The van der Waals surface area contributed by atoms with Crippen molar-refractivity contribution >= 4 is 11.6 Å². The van der Waals surface area contributed by atoms with Gasteiger partial charge in [0.1, 0.15) is 11.5 Å². The van der Waals surface area contributed by atoms with Crippen molar-refractivity contribution in [2.75, 3.05) is 14.2 Å². The van der Waals surface area contributed by atoms with E-state index in [-0.39, 0.29) is 28.3 Å². The van der Waals surface area contributed by atoms with Gasteiger partial charge in [0.05, 0.1) is 14.2 Å². The van der Waals surface area contributed by atoms with Crippen molar-refractivity contribution < 1.29 is 23.8 Å². The maximum Gasteiger partial charge on any atom is 0.198 e. The molecule has 0 saturated heterocycles. The molecule has 1 aromatic carbocycles. The Morgan fingerprint density at radius 1 is 0.833 bits per heavy atom. The van der Waals surface area contributed by atoms with Crippen molar-refractivity contribution in [2.45, 2.75) is 59.3 Å². The summed E-state index contributed by atoms with van der Waals surface area (Å²) in [6, 6.07) is 5.75. The number of methoxy groups -OCH3 is 2. The molecule has 0 bridgehead atoms. The summed E-state index contributed by atoms with van der Waals surface area (Å²) in [6.45, 7) is 8.43. The van der Waals surface area contributed by atoms with Gasteiger partial charge in [-0.25, -0.2) is 0 Å². The Morgan fingerprint density at radius 3 is 1.83 bits per heavy atom. The maximum atomic E-state index is 13.0. The lowest BCUT2D eigenvalue weighted by atomic mass is 9.64. The molecule has 2 aliphatic carbocycles. The number of carbonyl (C=O) groups is 2. The van der Waals surface area contributed by atoms with E-state index in [1.165, 1.54) is 0 Å². The number of Topliss-reactive ketones (excluding diaryl/α,β-unsaturated/α-hetero) is 2. The summed E-state index contributed by atoms with van der Waals surface area (Å²) in [5, 5.41) is 0. The molecule has 0 atom stereocenters. The first-order valence-electron chi connectivity index (χ1n) is 10.5. The summed E-state index contributed by atoms with van der Waals surface area (Å²) in [4.78, 5) is 26.0. The van der Waals surface area contributed by atoms with Gasteiger partial charge >= 0.3 is 0 Å². The lowest BCUT2D eigenvalue weighted by molar-refractivity contribution is -0.124. The van der Waals surface area contributed by atoms with Crippen LogP contribution in [0.5, 0.6) is 11.5 Å². The number of hydrogen-bond donors (Lipinski definition) is 0. The number of hydrogen-bond acceptors (Lipinski definition) is 5. The van der Waals surface area contributed by atoms with Crippen LogP contribution < -0.4 is 9.47 Å². The van der Waals surface area contributed by atoms with E-state index in [0.29, 0.717) is 35.9 Å². The van der Waals surface area contributed by atoms with Gasteiger partial charge in [-0.05, 0) is 40.9 Å². The molecular formula is C25H30O5. The lowest BCUT2D eigenvalue weighted by Crippen LogP contribution is -2.37. The molecule has 160 valence electrons. The topological polar surface area (TPSA) is 61.8 Å². The first kappa shape index (κ1) is 20.7. The normalized spacial score (nSPS) is 23.0. The van der Waals surface area contributed by atoms with Crippen molar-refractivity contribution in [3.63, 3.8) is 0 Å². The number of carbonyl (C=O) groups excluding carboxylic acids is 2. The van der Waals surface area contributed by atoms with Gasteiger partial charge in [-0.15, -0.1) is 0 Å². The molecule has 3 aliphatic rings. The minimum absolute atomic E-state index is 0.0251. The molecule has 0 radical (unpaired) electrons. The van der Waals surface area contributed by atoms with Gasteiger partial charge < -0.3 is 14.2 Å². The van der Waals surface area contributed by atoms with Crippen LogP contribution in [0.15, 0.2) is 40.9 Å². The Morgan fingerprint density at radius 2 is 1.37 bits per heavy atom. The summed E-state index contributed by atoms with van der Waals surface area (Å²) in [6.07, 6.45) is 2.31. The average Bonchev–Trinajstić information content (AvgIpc) is 2.65. The van der Waals surface area contributed by atoms with Crippen molar-refractivity contribution in [1.82, 2.24) is 0 Å². The van der Waals surface area contributed by atoms with Gasteiger partial charge in [0.2, 0.25) is 0 Å². The predicted molar refractivity (Wildman–Crippen MR) is 113 cm³/mol. The molecule has 0 fully saturated rings. The molecule has 1 aliphatic heterocycles. The molecule has 5 heteroatoms. The predicted octanol–water partition coefficient (Wildman–Crippen LogP) is 5.10. The minimum atomic E-state index is -0.211. The highest BCUT2D eigenvalue weighted by Crippen LogP contribution is 2.55. The molecule has 4 rings (SSSR count). The largest absolute Gasteiger partial charge is 0.497 e. The molecule has 0 N–H and O–H groups in total. The van der Waals surface area contributed by atoms with E-state index < -0.39 is 0 Å². The molecule has 0 unspecified atom stereocenters. The van der Waals surface area contributed by atoms with E-state index in [0.717, 1.165) is 29.6 Å². The Labute approximate surface area is 178 Å². The summed E-state index contributed by atoms with van der Waals surface area (Å²) in [5.74, 6) is 1.85. The molecule has 1 aromatic rings. The number of ether oxygens (including phenoxy) is 3. The van der Waals surface area contributed by atoms with Crippen LogP contribution in [0.3, 0.4) is 0 Å². The standard InChI is InChI=1S/C25H30O5/c1-24(2)10-16-21(15-8-7-14(28-5)9-20(15)29-6)17-11-25(3,4)13-19(27)23(17)30-22(16)18(26)12-24/h7-9,21H,10-13H2,1-6H3. The Balaban J connectivity index is 1.95. The number of benzene rings is 1. The van der Waals surface area contributed by atoms with Crippen LogP contribution in [-0.2, 0) is 14.3 Å². The first-order valence-corrected chi connectivity index (χ1v) is 10.5. The molecule has 0 amide bonds. The van der Waals surface area contributed by atoms with E-state index in [9.17, 15) is 9.59 Å². The smallest absolute Gasteiger partial charge is 0.198 e. The van der Waals surface area contributed by atoms with Crippen molar-refractivity contribution in [2.24, 2.45) is 10.8 Å². The monoisotopic (exact) mass is 410 g/mol. The van der Waals surface area contributed by atoms with Crippen LogP contribution in [-0.4, -0.2) is 25.8 Å². The minimum Gasteiger partial charge on any atom is -0.497 e. The van der Waals surface area contributed by atoms with Crippen molar-refractivity contribution in [3.8, 4) is 11.5 Å². The number of ketones is 2. The van der Waals surface area contributed by atoms with Crippen molar-refractivity contribution in [1.29, 1.82) is 0 Å². The van der Waals surface area contributed by atoms with Crippen LogP contribution in [0.1, 0.15) is 64.9 Å². The molecule has 5 nitrogen and oxygen atoms in total. The van der Waals surface area contributed by atoms with Gasteiger partial charge in [-0.1, -0.05) is 33.8 Å². The van der Waals surface area contributed by atoms with Crippen LogP contribution in [0, 0.1) is 10.8 Å². The highest BCUT2D eigenvalue weighted by molar-refractivity contribution is 6.01. The summed E-state index contributed by atoms with van der Waals surface area (Å²) in [7, 11) is 3.25. The Bertz CT molecular complexity index is 941. The zero-order valence-corrected chi connectivity index (χ0v) is 18.7. The number of rotatable bonds is 3. The zero-order valence-electron chi connectivity index (χ0n) is 18.7. The quantitative estimate of drug-likeness (QED) is 0.693. The molecule has 1 heterocycles. The second-order valence-corrected chi connectivity index (χ2v) is 10.2. The highest BCUT2D eigenvalue weighted by atomic mass is 16.5. The van der Waals surface area contributed by atoms with Crippen LogP contribution >= 0.6 is 0 Å². The molecule has 30 heavy (non-hydrogen) atoms. The Kier molecular flexibility index (Phi) is 4.83. The highest BCUT2D eigenvalue weighted by Gasteiger charge is 2.47. The average molecular weight is 411 g/mol. The van der Waals surface area contributed by atoms with E-state index in [2.05, 4.69) is 27.7 Å². The zero-order chi connectivity index (χ0) is 21.8. The SMILES string of the molecule is COc1ccc(C2C3=C(OC4=C2CC(C)(C)CC4=O)C(=O)CC(C)(C)C3)c(OC)c1. The van der Waals surface area contributed by atoms with Crippen LogP contribution in [0.25, 0.3) is 0 Å².